The second-order valence-electron chi connectivity index (χ2n) is 4.60. The van der Waals surface area contributed by atoms with E-state index in [9.17, 15) is 9.90 Å². The van der Waals surface area contributed by atoms with Gasteiger partial charge >= 0.3 is 0 Å². The monoisotopic (exact) mass is 306 g/mol. The molecule has 0 aliphatic heterocycles. The average Bonchev–Trinajstić information content (AvgIpc) is 2.95. The normalized spacial score (nSPS) is 10.4. The lowest BCUT2D eigenvalue weighted by Gasteiger charge is -2.24. The van der Waals surface area contributed by atoms with Crippen LogP contribution in [0.15, 0.2) is 23.6 Å². The Balaban J connectivity index is 2.21. The number of nitrogen functional groups attached to an aromatic ring is 1. The summed E-state index contributed by atoms with van der Waals surface area (Å²) in [5.41, 5.74) is 4.89. The molecule has 0 unspecified atom stereocenters. The number of phenolic OH excluding ortho intramolecular Hbond substituents is 1. The molecule has 0 atom stereocenters. The van der Waals surface area contributed by atoms with E-state index >= 15 is 0 Å². The van der Waals surface area contributed by atoms with Crippen LogP contribution in [0.4, 0.5) is 5.69 Å². The maximum Gasteiger partial charge on any atom is 0.294 e. The minimum Gasteiger partial charge on any atom is -0.508 e. The van der Waals surface area contributed by atoms with Gasteiger partial charge in [0.15, 0.2) is 5.01 Å². The van der Waals surface area contributed by atoms with Crippen LogP contribution < -0.4 is 16.2 Å². The van der Waals surface area contributed by atoms with Crippen LogP contribution in [0.2, 0.25) is 0 Å². The van der Waals surface area contributed by atoms with Gasteiger partial charge in [0.25, 0.3) is 5.91 Å². The van der Waals surface area contributed by atoms with Crippen molar-refractivity contribution in [1.29, 1.82) is 0 Å². The molecule has 1 heterocycles. The fourth-order valence-corrected chi connectivity index (χ4v) is 2.76. The summed E-state index contributed by atoms with van der Waals surface area (Å²) < 4.78 is 0. The lowest BCUT2D eigenvalue weighted by atomic mass is 10.1. The Hall–Kier alpha value is -2.12. The Morgan fingerprint density at radius 1 is 1.52 bits per heavy atom. The lowest BCUT2D eigenvalue weighted by Crippen LogP contribution is -2.30. The van der Waals surface area contributed by atoms with Crippen molar-refractivity contribution in [2.75, 3.05) is 11.4 Å². The van der Waals surface area contributed by atoms with Crippen LogP contribution in [0.5, 0.6) is 5.75 Å². The molecule has 0 spiro atoms. The first kappa shape index (κ1) is 15.3. The van der Waals surface area contributed by atoms with E-state index < -0.39 is 0 Å². The summed E-state index contributed by atoms with van der Waals surface area (Å²) in [5.74, 6) is 4.94. The fraction of sp³-hybridized carbons (Fsp3) is 0.286. The third-order valence-electron chi connectivity index (χ3n) is 3.15. The van der Waals surface area contributed by atoms with Crippen LogP contribution in [0, 0.1) is 6.92 Å². The molecule has 4 N–H and O–H groups in total. The summed E-state index contributed by atoms with van der Waals surface area (Å²) in [6.07, 6.45) is 0. The number of anilines is 1. The van der Waals surface area contributed by atoms with Crippen molar-refractivity contribution in [2.24, 2.45) is 5.84 Å². The van der Waals surface area contributed by atoms with Crippen LogP contribution in [-0.2, 0) is 6.54 Å². The number of nitrogens with one attached hydrogen (secondary N) is 1. The second kappa shape index (κ2) is 6.55. The highest BCUT2D eigenvalue weighted by Crippen LogP contribution is 2.26. The molecule has 0 bridgehead atoms. The highest BCUT2D eigenvalue weighted by atomic mass is 32.1. The molecular formula is C14H18N4O2S. The second-order valence-corrected chi connectivity index (χ2v) is 5.46. The van der Waals surface area contributed by atoms with Gasteiger partial charge in [-0.2, -0.15) is 0 Å². The number of hydrogen-bond donors (Lipinski definition) is 3. The molecule has 1 amide bonds. The predicted octanol–water partition coefficient (Wildman–Crippen LogP) is 1.79. The molecular weight excluding hydrogens is 288 g/mol. The first-order chi connectivity index (χ1) is 10.0. The van der Waals surface area contributed by atoms with Crippen LogP contribution in [0.25, 0.3) is 0 Å². The summed E-state index contributed by atoms with van der Waals surface area (Å²) in [6.45, 7) is 5.35. The van der Waals surface area contributed by atoms with Gasteiger partial charge in [-0.15, -0.1) is 11.3 Å². The van der Waals surface area contributed by atoms with Crippen molar-refractivity contribution in [2.45, 2.75) is 20.4 Å². The smallest absolute Gasteiger partial charge is 0.294 e. The number of benzene rings is 1. The summed E-state index contributed by atoms with van der Waals surface area (Å²) in [7, 11) is 0. The maximum absolute atomic E-state index is 11.4. The van der Waals surface area contributed by atoms with Crippen LogP contribution in [0.1, 0.15) is 28.0 Å². The predicted molar refractivity (Wildman–Crippen MR) is 83.3 cm³/mol. The van der Waals surface area contributed by atoms with Gasteiger partial charge in [-0.3, -0.25) is 10.2 Å². The number of aromatic hydroxyl groups is 1. The molecule has 2 rings (SSSR count). The first-order valence-electron chi connectivity index (χ1n) is 6.55. The summed E-state index contributed by atoms with van der Waals surface area (Å²) in [6, 6.07) is 5.28. The number of carbonyl (C=O) groups excluding carboxylic acids is 1. The zero-order chi connectivity index (χ0) is 15.4. The summed E-state index contributed by atoms with van der Waals surface area (Å²) >= 11 is 1.26. The molecule has 0 fully saturated rings. The fourth-order valence-electron chi connectivity index (χ4n) is 2.05. The minimum absolute atomic E-state index is 0.232. The Morgan fingerprint density at radius 2 is 2.29 bits per heavy atom. The number of nitrogens with two attached hydrogens (primary N) is 1. The highest BCUT2D eigenvalue weighted by Gasteiger charge is 2.14. The Kier molecular flexibility index (Phi) is 4.77. The Morgan fingerprint density at radius 3 is 2.95 bits per heavy atom. The number of thiazole rings is 1. The number of nitrogens with zero attached hydrogens (tertiary/aromatic N) is 2. The largest absolute Gasteiger partial charge is 0.508 e. The van der Waals surface area contributed by atoms with Crippen molar-refractivity contribution in [1.82, 2.24) is 10.4 Å². The number of phenols is 1. The van der Waals surface area contributed by atoms with Gasteiger partial charge in [0, 0.05) is 23.7 Å². The quantitative estimate of drug-likeness (QED) is 0.445. The minimum atomic E-state index is -0.386. The first-order valence-corrected chi connectivity index (χ1v) is 7.43. The number of aryl methyl sites for hydroxylation is 1. The number of carbonyl (C=O) groups is 1. The Bertz CT molecular complexity index is 642. The molecule has 21 heavy (non-hydrogen) atoms. The van der Waals surface area contributed by atoms with Gasteiger partial charge in [-0.25, -0.2) is 10.8 Å². The molecule has 0 radical (unpaired) electrons. The molecule has 6 nitrogen and oxygen atoms in total. The molecule has 112 valence electrons. The SMILES string of the molecule is CCN(Cc1csc(C(=O)NN)n1)c1cc(O)ccc1C. The lowest BCUT2D eigenvalue weighted by molar-refractivity contribution is 0.0953. The number of rotatable bonds is 5. The van der Waals surface area contributed by atoms with Crippen LogP contribution in [0.3, 0.4) is 0 Å². The van der Waals surface area contributed by atoms with Gasteiger partial charge in [-0.05, 0) is 25.5 Å². The van der Waals surface area contributed by atoms with E-state index in [1.807, 2.05) is 25.3 Å². The Labute approximate surface area is 127 Å². The number of hydrazine groups is 1. The molecule has 0 saturated carbocycles. The third kappa shape index (κ3) is 3.50. The van der Waals surface area contributed by atoms with E-state index in [4.69, 9.17) is 5.84 Å². The molecule has 0 aliphatic rings. The molecule has 1 aromatic carbocycles. The van der Waals surface area contributed by atoms with Gasteiger partial charge in [0.05, 0.1) is 12.2 Å². The zero-order valence-corrected chi connectivity index (χ0v) is 12.8. The van der Waals surface area contributed by atoms with Crippen molar-refractivity contribution in [3.05, 3.63) is 39.8 Å². The van der Waals surface area contributed by atoms with E-state index in [1.54, 1.807) is 12.1 Å². The van der Waals surface area contributed by atoms with E-state index in [2.05, 4.69) is 15.3 Å². The molecule has 0 aliphatic carbocycles. The van der Waals surface area contributed by atoms with E-state index in [-0.39, 0.29) is 11.7 Å². The standard InChI is InChI=1S/C14H18N4O2S/c1-3-18(12-6-11(19)5-4-9(12)2)7-10-8-21-14(16-10)13(20)17-15/h4-6,8,19H,3,7,15H2,1-2H3,(H,17,20). The van der Waals surface area contributed by atoms with E-state index in [1.165, 1.54) is 11.3 Å². The van der Waals surface area contributed by atoms with Gasteiger partial charge in [-0.1, -0.05) is 6.07 Å². The number of aromatic nitrogens is 1. The summed E-state index contributed by atoms with van der Waals surface area (Å²) in [5, 5.41) is 11.8. The van der Waals surface area contributed by atoms with Crippen molar-refractivity contribution < 1.29 is 9.90 Å². The molecule has 2 aromatic rings. The van der Waals surface area contributed by atoms with Gasteiger partial charge in [0.1, 0.15) is 5.75 Å². The third-order valence-corrected chi connectivity index (χ3v) is 4.03. The zero-order valence-electron chi connectivity index (χ0n) is 12.0. The van der Waals surface area contributed by atoms with Gasteiger partial charge < -0.3 is 10.0 Å². The van der Waals surface area contributed by atoms with Gasteiger partial charge in [0.2, 0.25) is 0 Å². The van der Waals surface area contributed by atoms with Crippen molar-refractivity contribution in [3.63, 3.8) is 0 Å². The number of amides is 1. The highest BCUT2D eigenvalue weighted by molar-refractivity contribution is 7.11. The molecule has 7 heteroatoms. The molecule has 0 saturated heterocycles. The van der Waals surface area contributed by atoms with Crippen molar-refractivity contribution in [3.8, 4) is 5.75 Å². The van der Waals surface area contributed by atoms with E-state index in [0.29, 0.717) is 11.6 Å². The number of hydrogen-bond acceptors (Lipinski definition) is 6. The van der Waals surface area contributed by atoms with Crippen LogP contribution >= 0.6 is 11.3 Å². The average molecular weight is 306 g/mol. The topological polar surface area (TPSA) is 91.5 Å². The van der Waals surface area contributed by atoms with E-state index in [0.717, 1.165) is 23.5 Å². The maximum atomic E-state index is 11.4. The molecule has 1 aromatic heterocycles. The summed E-state index contributed by atoms with van der Waals surface area (Å²) in [4.78, 5) is 17.8. The van der Waals surface area contributed by atoms with Crippen LogP contribution in [-0.4, -0.2) is 22.5 Å². The van der Waals surface area contributed by atoms with Crippen molar-refractivity contribution >= 4 is 22.9 Å².